The first-order chi connectivity index (χ1) is 8.22. The van der Waals surface area contributed by atoms with Crippen LogP contribution in [0.3, 0.4) is 0 Å². The lowest BCUT2D eigenvalue weighted by Crippen LogP contribution is -2.12. The summed E-state index contributed by atoms with van der Waals surface area (Å²) in [5.74, 6) is 0. The largest absolute Gasteiger partial charge is 0.301 e. The van der Waals surface area contributed by atoms with Gasteiger partial charge in [0.15, 0.2) is 0 Å². The van der Waals surface area contributed by atoms with Gasteiger partial charge in [-0.2, -0.15) is 5.10 Å². The Bertz CT molecular complexity index is 527. The van der Waals surface area contributed by atoms with E-state index in [0.717, 1.165) is 0 Å². The molecule has 1 unspecified atom stereocenters. The van der Waals surface area contributed by atoms with Crippen LogP contribution >= 0.6 is 12.4 Å². The Labute approximate surface area is 108 Å². The molecule has 2 rings (SSSR count). The molecular formula is C10H9ClN4O3. The molecular weight excluding hydrogens is 260 g/mol. The molecule has 2 aromatic rings. The van der Waals surface area contributed by atoms with Crippen molar-refractivity contribution in [2.24, 2.45) is 0 Å². The van der Waals surface area contributed by atoms with Crippen molar-refractivity contribution >= 4 is 24.4 Å². The third-order valence-electron chi connectivity index (χ3n) is 2.30. The van der Waals surface area contributed by atoms with Gasteiger partial charge in [0.05, 0.1) is 4.92 Å². The summed E-state index contributed by atoms with van der Waals surface area (Å²) in [5, 5.41) is 14.4. The van der Waals surface area contributed by atoms with Crippen LogP contribution in [0.1, 0.15) is 11.6 Å². The number of nitro groups is 1. The van der Waals surface area contributed by atoms with Gasteiger partial charge >= 0.3 is 0 Å². The zero-order valence-electron chi connectivity index (χ0n) is 9.04. The molecule has 94 valence electrons. The van der Waals surface area contributed by atoms with E-state index in [9.17, 15) is 14.9 Å². The first-order valence-corrected chi connectivity index (χ1v) is 4.76. The third-order valence-corrected chi connectivity index (χ3v) is 2.30. The minimum atomic E-state index is -0.613. The van der Waals surface area contributed by atoms with Crippen molar-refractivity contribution in [1.82, 2.24) is 14.8 Å². The van der Waals surface area contributed by atoms with Crippen LogP contribution < -0.4 is 0 Å². The smallest absolute Gasteiger partial charge is 0.269 e. The first-order valence-electron chi connectivity index (χ1n) is 4.76. The van der Waals surface area contributed by atoms with E-state index in [0.29, 0.717) is 11.8 Å². The zero-order valence-corrected chi connectivity index (χ0v) is 9.86. The summed E-state index contributed by atoms with van der Waals surface area (Å²) in [4.78, 5) is 24.7. The minimum absolute atomic E-state index is 0. The molecule has 0 bridgehead atoms. The van der Waals surface area contributed by atoms with Gasteiger partial charge in [0.2, 0.25) is 0 Å². The standard InChI is InChI=1S/C10H8N4O3.ClH/c15-5-10(13-7-11-6-12-13)8-1-3-9(4-2-8)14(16)17;/h1-7,10H;1H. The molecule has 8 heteroatoms. The fourth-order valence-corrected chi connectivity index (χ4v) is 1.45. The Morgan fingerprint density at radius 2 is 2.00 bits per heavy atom. The van der Waals surface area contributed by atoms with E-state index in [1.165, 1.54) is 41.6 Å². The molecule has 0 saturated heterocycles. The van der Waals surface area contributed by atoms with E-state index >= 15 is 0 Å². The van der Waals surface area contributed by atoms with E-state index in [1.807, 2.05) is 0 Å². The van der Waals surface area contributed by atoms with Crippen molar-refractivity contribution in [2.45, 2.75) is 6.04 Å². The van der Waals surface area contributed by atoms with Gasteiger partial charge in [0.1, 0.15) is 25.0 Å². The first kappa shape index (κ1) is 13.8. The molecule has 0 aliphatic heterocycles. The monoisotopic (exact) mass is 268 g/mol. The zero-order chi connectivity index (χ0) is 12.3. The van der Waals surface area contributed by atoms with Crippen LogP contribution in [0.4, 0.5) is 5.69 Å². The van der Waals surface area contributed by atoms with Crippen molar-refractivity contribution in [3.05, 3.63) is 52.6 Å². The SMILES string of the molecule is Cl.O=CC(c1ccc([N+](=O)[O-])cc1)n1cncn1. The fraction of sp³-hybridized carbons (Fsp3) is 0.100. The summed E-state index contributed by atoms with van der Waals surface area (Å²) in [6, 6.07) is 5.14. The molecule has 1 aromatic heterocycles. The molecule has 0 spiro atoms. The second kappa shape index (κ2) is 5.87. The highest BCUT2D eigenvalue weighted by atomic mass is 35.5. The number of aldehydes is 1. The number of hydrogen-bond donors (Lipinski definition) is 0. The normalized spacial score (nSPS) is 11.3. The van der Waals surface area contributed by atoms with Gasteiger partial charge in [-0.1, -0.05) is 0 Å². The molecule has 0 saturated carbocycles. The summed E-state index contributed by atoms with van der Waals surface area (Å²) in [6.07, 6.45) is 3.44. The van der Waals surface area contributed by atoms with Crippen molar-refractivity contribution < 1.29 is 9.72 Å². The summed E-state index contributed by atoms with van der Waals surface area (Å²) in [6.45, 7) is 0. The molecule has 18 heavy (non-hydrogen) atoms. The number of nitrogens with zero attached hydrogens (tertiary/aromatic N) is 4. The molecule has 1 heterocycles. The highest BCUT2D eigenvalue weighted by molar-refractivity contribution is 5.85. The van der Waals surface area contributed by atoms with Gasteiger partial charge in [-0.05, 0) is 17.7 Å². The molecule has 0 aliphatic carbocycles. The van der Waals surface area contributed by atoms with Crippen molar-refractivity contribution in [1.29, 1.82) is 0 Å². The predicted octanol–water partition coefficient (Wildman–Crippen LogP) is 1.40. The van der Waals surface area contributed by atoms with Crippen LogP contribution in [0.5, 0.6) is 0 Å². The molecule has 0 N–H and O–H groups in total. The highest BCUT2D eigenvalue weighted by Gasteiger charge is 2.14. The van der Waals surface area contributed by atoms with Gasteiger partial charge < -0.3 is 4.79 Å². The predicted molar refractivity (Wildman–Crippen MR) is 64.6 cm³/mol. The number of aromatic nitrogens is 3. The molecule has 0 aliphatic rings. The molecule has 1 atom stereocenters. The van der Waals surface area contributed by atoms with Crippen LogP contribution in [-0.4, -0.2) is 26.0 Å². The second-order valence-corrected chi connectivity index (χ2v) is 3.31. The maximum Gasteiger partial charge on any atom is 0.269 e. The van der Waals surface area contributed by atoms with Crippen LogP contribution in [0.2, 0.25) is 0 Å². The lowest BCUT2D eigenvalue weighted by molar-refractivity contribution is -0.384. The number of nitro benzene ring substituents is 1. The Hall–Kier alpha value is -2.28. The average Bonchev–Trinajstić information content (AvgIpc) is 2.84. The molecule has 0 radical (unpaired) electrons. The van der Waals surface area contributed by atoms with Crippen LogP contribution in [0.25, 0.3) is 0 Å². The Balaban J connectivity index is 0.00000162. The van der Waals surface area contributed by atoms with Gasteiger partial charge in [-0.15, -0.1) is 12.4 Å². The summed E-state index contributed by atoms with van der Waals surface area (Å²) < 4.78 is 1.38. The molecule has 0 amide bonds. The molecule has 1 aromatic carbocycles. The number of benzene rings is 1. The topological polar surface area (TPSA) is 90.9 Å². The van der Waals surface area contributed by atoms with E-state index in [4.69, 9.17) is 0 Å². The average molecular weight is 269 g/mol. The Morgan fingerprint density at radius 1 is 1.33 bits per heavy atom. The van der Waals surface area contributed by atoms with Crippen LogP contribution in [-0.2, 0) is 4.79 Å². The molecule has 0 fully saturated rings. The second-order valence-electron chi connectivity index (χ2n) is 3.31. The number of halogens is 1. The lowest BCUT2D eigenvalue weighted by atomic mass is 10.1. The number of hydrogen-bond acceptors (Lipinski definition) is 5. The Morgan fingerprint density at radius 3 is 2.44 bits per heavy atom. The molecule has 7 nitrogen and oxygen atoms in total. The van der Waals surface area contributed by atoms with E-state index in [2.05, 4.69) is 10.1 Å². The fourth-order valence-electron chi connectivity index (χ4n) is 1.45. The maximum absolute atomic E-state index is 11.0. The number of carbonyl (C=O) groups is 1. The quantitative estimate of drug-likeness (QED) is 0.475. The number of non-ortho nitro benzene ring substituents is 1. The van der Waals surface area contributed by atoms with E-state index in [1.54, 1.807) is 0 Å². The van der Waals surface area contributed by atoms with Gasteiger partial charge in [0, 0.05) is 12.1 Å². The summed E-state index contributed by atoms with van der Waals surface area (Å²) in [7, 11) is 0. The van der Waals surface area contributed by atoms with Gasteiger partial charge in [0.25, 0.3) is 5.69 Å². The number of rotatable bonds is 4. The lowest BCUT2D eigenvalue weighted by Gasteiger charge is -2.09. The van der Waals surface area contributed by atoms with Gasteiger partial charge in [-0.25, -0.2) is 9.67 Å². The van der Waals surface area contributed by atoms with Crippen LogP contribution in [0, 0.1) is 10.1 Å². The summed E-state index contributed by atoms with van der Waals surface area (Å²) in [5.41, 5.74) is 0.605. The van der Waals surface area contributed by atoms with Gasteiger partial charge in [-0.3, -0.25) is 10.1 Å². The van der Waals surface area contributed by atoms with Crippen LogP contribution in [0.15, 0.2) is 36.9 Å². The highest BCUT2D eigenvalue weighted by Crippen LogP contribution is 2.18. The van der Waals surface area contributed by atoms with Crippen molar-refractivity contribution in [2.75, 3.05) is 0 Å². The van der Waals surface area contributed by atoms with E-state index < -0.39 is 11.0 Å². The minimum Gasteiger partial charge on any atom is -0.301 e. The van der Waals surface area contributed by atoms with E-state index in [-0.39, 0.29) is 18.1 Å². The number of carbonyl (C=O) groups excluding carboxylic acids is 1. The Kier molecular flexibility index (Phi) is 4.50. The third kappa shape index (κ3) is 2.69. The summed E-state index contributed by atoms with van der Waals surface area (Å²) >= 11 is 0. The van der Waals surface area contributed by atoms with Crippen molar-refractivity contribution in [3.63, 3.8) is 0 Å². The maximum atomic E-state index is 11.0. The van der Waals surface area contributed by atoms with Crippen molar-refractivity contribution in [3.8, 4) is 0 Å².